The normalized spacial score (nSPS) is 27.8. The quantitative estimate of drug-likeness (QED) is 0.476. The number of carbonyl (C=O) groups excluding carboxylic acids is 1. The fraction of sp³-hybridized carbons (Fsp3) is 0.562. The summed E-state index contributed by atoms with van der Waals surface area (Å²) in [5.74, 6) is -4.35. The maximum atomic E-state index is 11.5. The molecule has 1 aromatic carbocycles. The first-order valence-electron chi connectivity index (χ1n) is 7.77. The molecule has 1 heterocycles. The van der Waals surface area contributed by atoms with Crippen molar-refractivity contribution in [3.63, 3.8) is 0 Å². The van der Waals surface area contributed by atoms with E-state index in [4.69, 9.17) is 9.47 Å². The second-order valence-corrected chi connectivity index (χ2v) is 6.38. The van der Waals surface area contributed by atoms with Gasteiger partial charge in [-0.25, -0.2) is 0 Å². The highest BCUT2D eigenvalue weighted by Gasteiger charge is 2.58. The Morgan fingerprint density at radius 2 is 1.75 bits per heavy atom. The van der Waals surface area contributed by atoms with Gasteiger partial charge in [-0.15, -0.1) is 0 Å². The molecular weight excluding hydrogens is 318 g/mol. The van der Waals surface area contributed by atoms with Gasteiger partial charge in [-0.2, -0.15) is 0 Å². The van der Waals surface area contributed by atoms with E-state index in [1.54, 1.807) is 0 Å². The first-order chi connectivity index (χ1) is 11.2. The first-order valence-corrected chi connectivity index (χ1v) is 7.77. The number of benzene rings is 1. The van der Waals surface area contributed by atoms with Gasteiger partial charge >= 0.3 is 0 Å². The van der Waals surface area contributed by atoms with Crippen molar-refractivity contribution in [2.45, 2.75) is 49.4 Å². The van der Waals surface area contributed by atoms with Crippen LogP contribution in [0.3, 0.4) is 0 Å². The zero-order valence-corrected chi connectivity index (χ0v) is 13.3. The Bertz CT molecular complexity index is 654. The van der Waals surface area contributed by atoms with Gasteiger partial charge in [0.2, 0.25) is 11.7 Å². The van der Waals surface area contributed by atoms with Crippen LogP contribution in [0.25, 0.3) is 0 Å². The van der Waals surface area contributed by atoms with E-state index >= 15 is 0 Å². The number of rotatable bonds is 4. The summed E-state index contributed by atoms with van der Waals surface area (Å²) in [6, 6.07) is 4.22. The Hall–Kier alpha value is -1.87. The lowest BCUT2D eigenvalue weighted by molar-refractivity contribution is -0.275. The second kappa shape index (κ2) is 5.59. The van der Waals surface area contributed by atoms with Gasteiger partial charge in [-0.3, -0.25) is 4.79 Å². The molecule has 24 heavy (non-hydrogen) atoms. The lowest BCUT2D eigenvalue weighted by Gasteiger charge is -2.33. The van der Waals surface area contributed by atoms with Crippen LogP contribution >= 0.6 is 0 Å². The molecule has 1 unspecified atom stereocenters. The average molecular weight is 339 g/mol. The first kappa shape index (κ1) is 17.0. The molecule has 1 saturated heterocycles. The molecule has 0 radical (unpaired) electrons. The van der Waals surface area contributed by atoms with E-state index in [2.05, 4.69) is 0 Å². The number of amides is 1. The van der Waals surface area contributed by atoms with Gasteiger partial charge in [-0.1, -0.05) is 6.07 Å². The van der Waals surface area contributed by atoms with Gasteiger partial charge in [0.15, 0.2) is 17.1 Å². The second-order valence-electron chi connectivity index (χ2n) is 6.38. The van der Waals surface area contributed by atoms with E-state index in [0.29, 0.717) is 18.6 Å². The van der Waals surface area contributed by atoms with Crippen LogP contribution in [-0.2, 0) is 10.4 Å². The van der Waals surface area contributed by atoms with E-state index in [0.717, 1.165) is 12.8 Å². The molecule has 2 fully saturated rings. The van der Waals surface area contributed by atoms with Crippen LogP contribution < -0.4 is 14.8 Å². The molecule has 8 heteroatoms. The van der Waals surface area contributed by atoms with E-state index in [9.17, 15) is 25.2 Å². The zero-order chi connectivity index (χ0) is 17.6. The minimum atomic E-state index is -2.81. The fourth-order valence-electron chi connectivity index (χ4n) is 3.25. The third-order valence-electron chi connectivity index (χ3n) is 4.63. The molecule has 1 aliphatic carbocycles. The Labute approximate surface area is 138 Å². The molecule has 0 bridgehead atoms. The molecule has 0 spiro atoms. The van der Waals surface area contributed by atoms with Crippen molar-refractivity contribution in [1.82, 2.24) is 5.32 Å². The molecular formula is C16H21NO7. The summed E-state index contributed by atoms with van der Waals surface area (Å²) >= 11 is 0. The summed E-state index contributed by atoms with van der Waals surface area (Å²) in [5.41, 5.74) is -2.18. The van der Waals surface area contributed by atoms with Crippen molar-refractivity contribution in [2.24, 2.45) is 0 Å². The SMILES string of the molecule is COc1ccc(C2(O)CC(=O)NC2(O)O)cc1OC1(O)CCCC1. The lowest BCUT2D eigenvalue weighted by atomic mass is 9.89. The highest BCUT2D eigenvalue weighted by atomic mass is 16.6. The summed E-state index contributed by atoms with van der Waals surface area (Å²) < 4.78 is 10.9. The summed E-state index contributed by atoms with van der Waals surface area (Å²) in [6.07, 6.45) is 2.08. The number of ether oxygens (including phenoxy) is 2. The van der Waals surface area contributed by atoms with E-state index in [-0.39, 0.29) is 11.3 Å². The van der Waals surface area contributed by atoms with Gasteiger partial charge in [0, 0.05) is 12.8 Å². The standard InChI is InChI=1S/C16H21NO7/c1-23-11-5-4-10(15(20)9-13(18)17-16(15,21)22)8-12(11)24-14(19)6-2-3-7-14/h4-5,8,19-22H,2-3,6-7,9H2,1H3,(H,17,18). The highest BCUT2D eigenvalue weighted by Crippen LogP contribution is 2.43. The van der Waals surface area contributed by atoms with Crippen molar-refractivity contribution < 1.29 is 34.7 Å². The molecule has 3 rings (SSSR count). The van der Waals surface area contributed by atoms with E-state index in [1.807, 2.05) is 5.32 Å². The van der Waals surface area contributed by atoms with Crippen molar-refractivity contribution in [1.29, 1.82) is 0 Å². The minimum Gasteiger partial charge on any atom is -0.493 e. The number of nitrogens with one attached hydrogen (secondary N) is 1. The predicted molar refractivity (Wildman–Crippen MR) is 80.9 cm³/mol. The monoisotopic (exact) mass is 339 g/mol. The summed E-state index contributed by atoms with van der Waals surface area (Å²) in [5, 5.41) is 42.9. The average Bonchev–Trinajstić information content (AvgIpc) is 3.00. The van der Waals surface area contributed by atoms with Crippen LogP contribution in [0.1, 0.15) is 37.7 Å². The molecule has 1 amide bonds. The number of methoxy groups -OCH3 is 1. The van der Waals surface area contributed by atoms with Gasteiger partial charge < -0.3 is 35.2 Å². The maximum absolute atomic E-state index is 11.5. The summed E-state index contributed by atoms with van der Waals surface area (Å²) in [6.45, 7) is 0. The molecule has 1 aliphatic heterocycles. The number of hydrogen-bond donors (Lipinski definition) is 5. The van der Waals surface area contributed by atoms with Gasteiger partial charge in [0.05, 0.1) is 13.5 Å². The maximum Gasteiger partial charge on any atom is 0.281 e. The Morgan fingerprint density at radius 1 is 1.08 bits per heavy atom. The molecule has 1 atom stereocenters. The molecule has 1 aromatic rings. The van der Waals surface area contributed by atoms with E-state index < -0.39 is 29.6 Å². The van der Waals surface area contributed by atoms with Crippen molar-refractivity contribution in [3.8, 4) is 11.5 Å². The number of carbonyl (C=O) groups is 1. The van der Waals surface area contributed by atoms with Crippen LogP contribution in [0.5, 0.6) is 11.5 Å². The molecule has 0 aromatic heterocycles. The zero-order valence-electron chi connectivity index (χ0n) is 13.3. The van der Waals surface area contributed by atoms with Crippen molar-refractivity contribution in [2.75, 3.05) is 7.11 Å². The Morgan fingerprint density at radius 3 is 2.29 bits per heavy atom. The van der Waals surface area contributed by atoms with Crippen LogP contribution in [0.4, 0.5) is 0 Å². The molecule has 132 valence electrons. The summed E-state index contributed by atoms with van der Waals surface area (Å²) in [7, 11) is 1.43. The van der Waals surface area contributed by atoms with Crippen LogP contribution in [0, 0.1) is 0 Å². The van der Waals surface area contributed by atoms with Gasteiger partial charge in [0.25, 0.3) is 5.91 Å². The molecule has 1 saturated carbocycles. The van der Waals surface area contributed by atoms with E-state index in [1.165, 1.54) is 25.3 Å². The van der Waals surface area contributed by atoms with Crippen molar-refractivity contribution in [3.05, 3.63) is 23.8 Å². The third kappa shape index (κ3) is 2.71. The van der Waals surface area contributed by atoms with Gasteiger partial charge in [0.1, 0.15) is 0 Å². The lowest BCUT2D eigenvalue weighted by Crippen LogP contribution is -2.54. The number of aliphatic hydroxyl groups is 4. The third-order valence-corrected chi connectivity index (χ3v) is 4.63. The largest absolute Gasteiger partial charge is 0.493 e. The fourth-order valence-corrected chi connectivity index (χ4v) is 3.25. The predicted octanol–water partition coefficient (Wildman–Crippen LogP) is -0.318. The molecule has 5 N–H and O–H groups in total. The molecule has 8 nitrogen and oxygen atoms in total. The topological polar surface area (TPSA) is 128 Å². The highest BCUT2D eigenvalue weighted by molar-refractivity contribution is 5.81. The van der Waals surface area contributed by atoms with Crippen LogP contribution in [0.15, 0.2) is 18.2 Å². The van der Waals surface area contributed by atoms with Crippen LogP contribution in [-0.4, -0.2) is 45.1 Å². The Balaban J connectivity index is 1.99. The Kier molecular flexibility index (Phi) is 3.95. The van der Waals surface area contributed by atoms with Crippen LogP contribution in [0.2, 0.25) is 0 Å². The minimum absolute atomic E-state index is 0.0586. The summed E-state index contributed by atoms with van der Waals surface area (Å²) in [4.78, 5) is 11.5. The number of hydrogen-bond acceptors (Lipinski definition) is 7. The van der Waals surface area contributed by atoms with Gasteiger partial charge in [-0.05, 0) is 30.5 Å². The van der Waals surface area contributed by atoms with Crippen molar-refractivity contribution >= 4 is 5.91 Å². The molecule has 2 aliphatic rings. The smallest absolute Gasteiger partial charge is 0.281 e.